The molecule has 0 aromatic rings. The lowest BCUT2D eigenvalue weighted by Crippen LogP contribution is -2.60. The number of esters is 1. The number of aliphatic hydroxyl groups excluding tert-OH is 1. The highest BCUT2D eigenvalue weighted by atomic mass is 16.6. The van der Waals surface area contributed by atoms with Crippen LogP contribution in [0.5, 0.6) is 0 Å². The van der Waals surface area contributed by atoms with Gasteiger partial charge in [0, 0.05) is 18.4 Å². The van der Waals surface area contributed by atoms with Gasteiger partial charge in [-0.05, 0) is 118 Å². The Bertz CT molecular complexity index is 1020. The summed E-state index contributed by atoms with van der Waals surface area (Å²) >= 11 is 0. The van der Waals surface area contributed by atoms with Crippen LogP contribution in [-0.4, -0.2) is 59.3 Å². The van der Waals surface area contributed by atoms with Gasteiger partial charge in [-0.2, -0.15) is 0 Å². The van der Waals surface area contributed by atoms with Crippen molar-refractivity contribution in [3.8, 4) is 0 Å². The minimum Gasteiger partial charge on any atom is -0.457 e. The highest BCUT2D eigenvalue weighted by Crippen LogP contribution is 2.89. The Balaban J connectivity index is 1.34. The molecule has 0 amide bonds. The molecule has 0 aromatic carbocycles. The second kappa shape index (κ2) is 8.45. The van der Waals surface area contributed by atoms with Crippen LogP contribution in [0.4, 0.5) is 0 Å². The molecule has 222 valence electrons. The fraction of sp³-hybridized carbons (Fsp3) is 0.970. The van der Waals surface area contributed by atoms with Crippen LogP contribution >= 0.6 is 0 Å². The molecule has 6 rings (SSSR count). The average molecular weight is 546 g/mol. The van der Waals surface area contributed by atoms with Gasteiger partial charge in [0.15, 0.2) is 6.10 Å². The van der Waals surface area contributed by atoms with E-state index in [2.05, 4.69) is 47.0 Å². The van der Waals surface area contributed by atoms with Crippen LogP contribution in [0.2, 0.25) is 0 Å². The van der Waals surface area contributed by atoms with Crippen LogP contribution in [0.3, 0.4) is 0 Å². The standard InChI is InChI=1S/C33H55NO5/c1-18-16-20(27(29(5,6)37)38-19(2)35)39-25-24(18)30(7)14-15-33-17-32(33)13-12-23(34-9)28(3,4)21(32)10-11-22(33)31(30,8)26(25)36/h18,20-27,34,36-37H,10-17H2,1-9H3/t18-,20-,21+,22+,23?,24+,25+,26+,27+,30-,31-,32-,33+/m1/s1. The number of carbonyl (C=O) groups excluding carboxylic acids is 1. The van der Waals surface area contributed by atoms with Crippen molar-refractivity contribution < 1.29 is 24.5 Å². The average Bonchev–Trinajstić information content (AvgIpc) is 3.46. The zero-order valence-electron chi connectivity index (χ0n) is 26.0. The Hall–Kier alpha value is -0.690. The summed E-state index contributed by atoms with van der Waals surface area (Å²) < 4.78 is 12.5. The lowest BCUT2D eigenvalue weighted by Gasteiger charge is -2.64. The minimum absolute atomic E-state index is 0.00262. The number of fused-ring (bicyclic) bond motifs is 4. The molecule has 3 N–H and O–H groups in total. The van der Waals surface area contributed by atoms with Gasteiger partial charge in [0.05, 0.1) is 23.9 Å². The topological polar surface area (TPSA) is 88.0 Å². The van der Waals surface area contributed by atoms with Crippen molar-refractivity contribution in [2.75, 3.05) is 7.05 Å². The van der Waals surface area contributed by atoms with Crippen LogP contribution in [0, 0.1) is 50.7 Å². The third-order valence-corrected chi connectivity index (χ3v) is 14.5. The third-order valence-electron chi connectivity index (χ3n) is 14.5. The van der Waals surface area contributed by atoms with E-state index in [0.717, 1.165) is 18.8 Å². The van der Waals surface area contributed by atoms with Gasteiger partial charge in [-0.1, -0.05) is 34.6 Å². The van der Waals surface area contributed by atoms with E-state index in [1.54, 1.807) is 13.8 Å². The Kier molecular flexibility index (Phi) is 6.16. The molecule has 39 heavy (non-hydrogen) atoms. The van der Waals surface area contributed by atoms with Crippen LogP contribution < -0.4 is 5.32 Å². The van der Waals surface area contributed by atoms with Crippen molar-refractivity contribution in [3.05, 3.63) is 0 Å². The number of ether oxygens (including phenoxy) is 2. The summed E-state index contributed by atoms with van der Waals surface area (Å²) in [5, 5.41) is 27.0. The molecule has 0 aromatic heterocycles. The van der Waals surface area contributed by atoms with Crippen LogP contribution in [0.1, 0.15) is 107 Å². The van der Waals surface area contributed by atoms with Gasteiger partial charge in [-0.3, -0.25) is 4.79 Å². The molecule has 6 heteroatoms. The van der Waals surface area contributed by atoms with Gasteiger partial charge in [-0.25, -0.2) is 0 Å². The molecule has 0 radical (unpaired) electrons. The maximum absolute atomic E-state index is 12.4. The molecule has 0 bridgehead atoms. The number of hydrogen-bond donors (Lipinski definition) is 3. The molecule has 1 unspecified atom stereocenters. The van der Waals surface area contributed by atoms with E-state index in [1.807, 2.05) is 0 Å². The minimum atomic E-state index is -1.23. The molecule has 6 aliphatic rings. The van der Waals surface area contributed by atoms with Crippen molar-refractivity contribution in [2.45, 2.75) is 143 Å². The monoisotopic (exact) mass is 545 g/mol. The summed E-state index contributed by atoms with van der Waals surface area (Å²) in [4.78, 5) is 12.0. The molecule has 1 aliphatic heterocycles. The van der Waals surface area contributed by atoms with Crippen LogP contribution in [0.25, 0.3) is 0 Å². The van der Waals surface area contributed by atoms with Gasteiger partial charge >= 0.3 is 5.97 Å². The Morgan fingerprint density at radius 1 is 1.05 bits per heavy atom. The first-order valence-electron chi connectivity index (χ1n) is 15.9. The van der Waals surface area contributed by atoms with Gasteiger partial charge in [0.1, 0.15) is 0 Å². The van der Waals surface area contributed by atoms with E-state index in [1.165, 1.54) is 45.4 Å². The third kappa shape index (κ3) is 3.38. The smallest absolute Gasteiger partial charge is 0.303 e. The number of aliphatic hydroxyl groups is 2. The number of nitrogens with one attached hydrogen (secondary N) is 1. The molecular formula is C33H55NO5. The first-order chi connectivity index (χ1) is 18.0. The summed E-state index contributed by atoms with van der Waals surface area (Å²) in [7, 11) is 2.14. The van der Waals surface area contributed by atoms with E-state index in [-0.39, 0.29) is 22.9 Å². The van der Waals surface area contributed by atoms with Gasteiger partial charge in [0.25, 0.3) is 0 Å². The second-order valence-corrected chi connectivity index (χ2v) is 16.6. The van der Waals surface area contributed by atoms with Crippen molar-refractivity contribution >= 4 is 5.97 Å². The molecule has 5 saturated carbocycles. The van der Waals surface area contributed by atoms with Gasteiger partial charge in [-0.15, -0.1) is 0 Å². The van der Waals surface area contributed by atoms with Gasteiger partial charge < -0.3 is 25.0 Å². The molecular weight excluding hydrogens is 490 g/mol. The summed E-state index contributed by atoms with van der Waals surface area (Å²) in [6, 6.07) is 0.582. The highest BCUT2D eigenvalue weighted by molar-refractivity contribution is 5.66. The first kappa shape index (κ1) is 28.4. The lowest BCUT2D eigenvalue weighted by molar-refractivity contribution is -0.216. The maximum Gasteiger partial charge on any atom is 0.303 e. The van der Waals surface area contributed by atoms with E-state index >= 15 is 0 Å². The Labute approximate surface area is 236 Å². The molecule has 1 heterocycles. The van der Waals surface area contributed by atoms with Crippen LogP contribution in [0.15, 0.2) is 0 Å². The summed E-state index contributed by atoms with van der Waals surface area (Å²) in [5.74, 6) is 1.41. The second-order valence-electron chi connectivity index (χ2n) is 16.6. The van der Waals surface area contributed by atoms with E-state index in [0.29, 0.717) is 34.1 Å². The maximum atomic E-state index is 12.4. The predicted octanol–water partition coefficient (Wildman–Crippen LogP) is 5.09. The Morgan fingerprint density at radius 3 is 2.31 bits per heavy atom. The fourth-order valence-electron chi connectivity index (χ4n) is 12.9. The van der Waals surface area contributed by atoms with Crippen LogP contribution in [-0.2, 0) is 14.3 Å². The highest BCUT2D eigenvalue weighted by Gasteiger charge is 2.84. The number of hydrogen-bond acceptors (Lipinski definition) is 6. The number of rotatable bonds is 4. The lowest BCUT2D eigenvalue weighted by atomic mass is 9.41. The predicted molar refractivity (Wildman–Crippen MR) is 151 cm³/mol. The molecule has 5 aliphatic carbocycles. The van der Waals surface area contributed by atoms with Crippen molar-refractivity contribution in [1.29, 1.82) is 0 Å². The van der Waals surface area contributed by atoms with Crippen molar-refractivity contribution in [3.63, 3.8) is 0 Å². The zero-order chi connectivity index (χ0) is 28.6. The van der Waals surface area contributed by atoms with E-state index < -0.39 is 29.9 Å². The number of carbonyl (C=O) groups is 1. The molecule has 6 fully saturated rings. The Morgan fingerprint density at radius 2 is 1.69 bits per heavy atom. The summed E-state index contributed by atoms with van der Waals surface area (Å²) in [5.41, 5.74) is -0.370. The van der Waals surface area contributed by atoms with E-state index in [4.69, 9.17) is 9.47 Å². The molecule has 1 saturated heterocycles. The van der Waals surface area contributed by atoms with Gasteiger partial charge in [0.2, 0.25) is 0 Å². The van der Waals surface area contributed by atoms with E-state index in [9.17, 15) is 15.0 Å². The largest absolute Gasteiger partial charge is 0.457 e. The fourth-order valence-corrected chi connectivity index (χ4v) is 12.9. The summed E-state index contributed by atoms with van der Waals surface area (Å²) in [6.45, 7) is 17.0. The first-order valence-corrected chi connectivity index (χ1v) is 15.9. The molecule has 2 spiro atoms. The molecule has 6 nitrogen and oxygen atoms in total. The zero-order valence-corrected chi connectivity index (χ0v) is 26.0. The quantitative estimate of drug-likeness (QED) is 0.427. The van der Waals surface area contributed by atoms with Crippen molar-refractivity contribution in [1.82, 2.24) is 5.32 Å². The molecule has 13 atom stereocenters. The summed E-state index contributed by atoms with van der Waals surface area (Å²) in [6.07, 6.45) is 7.50. The normalized spacial score (nSPS) is 54.3. The van der Waals surface area contributed by atoms with Crippen molar-refractivity contribution in [2.24, 2.45) is 50.7 Å². The SMILES string of the molecule is CNC1CC[C@]23C[C@]24CC[C@]2(C)[C@@H]5[C@H](O[C@@H]([C@H](OC(C)=O)C(C)(C)O)C[C@H]5C)[C@H](O)[C@@]2(C)[C@@H]4CC[C@H]3C1(C)C.